The molecule has 7 heteroatoms. The number of aliphatic hydroxyl groups is 1. The number of hydrogen-bond donors (Lipinski definition) is 1. The minimum Gasteiger partial charge on any atom is -0.390 e. The van der Waals surface area contributed by atoms with Gasteiger partial charge in [0.2, 0.25) is 0 Å². The lowest BCUT2D eigenvalue weighted by Crippen LogP contribution is -2.23. The third-order valence-corrected chi connectivity index (χ3v) is 6.14. The minimum absolute atomic E-state index is 0.103. The van der Waals surface area contributed by atoms with E-state index in [1.54, 1.807) is 13.8 Å². The maximum atomic E-state index is 13.1. The first kappa shape index (κ1) is 18.3. The van der Waals surface area contributed by atoms with Crippen molar-refractivity contribution in [3.05, 3.63) is 46.4 Å². The Labute approximate surface area is 162 Å². The maximum Gasteiger partial charge on any atom is 0.284 e. The summed E-state index contributed by atoms with van der Waals surface area (Å²) in [5.41, 5.74) is 1.52. The normalized spacial score (nSPS) is 14.9. The van der Waals surface area contributed by atoms with Crippen LogP contribution in [0.3, 0.4) is 0 Å². The standard InChI is InChI=1S/C20H24N4O2S/c1-20(2,26)13-27-19-21-17-16(15-11-7-4-8-12-23(15)19)18(25)24(22-17)14-9-5-3-6-10-14/h3,5-6,9-10,26H,4,7-8,11-13H2,1-2H3. The fourth-order valence-corrected chi connectivity index (χ4v) is 4.44. The highest BCUT2D eigenvalue weighted by molar-refractivity contribution is 7.99. The van der Waals surface area contributed by atoms with Crippen molar-refractivity contribution in [2.45, 2.75) is 56.8 Å². The zero-order valence-electron chi connectivity index (χ0n) is 15.7. The Morgan fingerprint density at radius 1 is 1.19 bits per heavy atom. The molecule has 1 aromatic rings. The van der Waals surface area contributed by atoms with Crippen molar-refractivity contribution in [2.75, 3.05) is 5.75 Å². The largest absolute Gasteiger partial charge is 0.390 e. The molecule has 0 unspecified atom stereocenters. The molecule has 0 aliphatic carbocycles. The van der Waals surface area contributed by atoms with Gasteiger partial charge in [0.15, 0.2) is 11.0 Å². The molecule has 6 nitrogen and oxygen atoms in total. The van der Waals surface area contributed by atoms with E-state index in [1.807, 2.05) is 30.3 Å². The van der Waals surface area contributed by atoms with E-state index in [0.29, 0.717) is 17.1 Å². The molecule has 0 aromatic heterocycles. The number of fused-ring (bicyclic) bond motifs is 3. The summed E-state index contributed by atoms with van der Waals surface area (Å²) in [6.07, 6.45) is 4.12. The lowest BCUT2D eigenvalue weighted by Gasteiger charge is -2.20. The zero-order valence-corrected chi connectivity index (χ0v) is 16.5. The summed E-state index contributed by atoms with van der Waals surface area (Å²) >= 11 is 1.53. The van der Waals surface area contributed by atoms with E-state index in [4.69, 9.17) is 4.98 Å². The Bertz CT molecular complexity index is 972. The number of aromatic nitrogens is 4. The second-order valence-corrected chi connectivity index (χ2v) is 8.60. The first-order valence-electron chi connectivity index (χ1n) is 9.37. The Hall–Kier alpha value is -2.12. The highest BCUT2D eigenvalue weighted by Gasteiger charge is 2.27. The van der Waals surface area contributed by atoms with Gasteiger partial charge in [0.05, 0.1) is 11.3 Å². The second-order valence-electron chi connectivity index (χ2n) is 7.66. The predicted octanol–water partition coefficient (Wildman–Crippen LogP) is 3.12. The van der Waals surface area contributed by atoms with E-state index in [1.165, 1.54) is 16.4 Å². The number of hydrogen-bond acceptors (Lipinski definition) is 5. The fourth-order valence-electron chi connectivity index (χ4n) is 3.45. The third kappa shape index (κ3) is 3.66. The van der Waals surface area contributed by atoms with Crippen LogP contribution in [-0.4, -0.2) is 35.8 Å². The number of benzene rings is 1. The molecule has 1 aromatic carbocycles. The molecule has 27 heavy (non-hydrogen) atoms. The van der Waals surface area contributed by atoms with Gasteiger partial charge >= 0.3 is 0 Å². The number of nitrogens with zero attached hydrogens (tertiary/aromatic N) is 4. The molecule has 4 rings (SSSR count). The lowest BCUT2D eigenvalue weighted by molar-refractivity contribution is 0.107. The van der Waals surface area contributed by atoms with Crippen LogP contribution in [0.15, 0.2) is 40.3 Å². The van der Waals surface area contributed by atoms with Gasteiger partial charge in [-0.15, -0.1) is 5.10 Å². The van der Waals surface area contributed by atoms with Gasteiger partial charge in [0, 0.05) is 18.0 Å². The summed E-state index contributed by atoms with van der Waals surface area (Å²) in [5.74, 6) is 1.03. The molecule has 3 heterocycles. The van der Waals surface area contributed by atoms with Crippen LogP contribution in [0.2, 0.25) is 0 Å². The molecule has 3 aliphatic rings. The van der Waals surface area contributed by atoms with Gasteiger partial charge in [-0.3, -0.25) is 4.79 Å². The first-order chi connectivity index (χ1) is 12.9. The van der Waals surface area contributed by atoms with Gasteiger partial charge in [-0.25, -0.2) is 4.98 Å². The van der Waals surface area contributed by atoms with Gasteiger partial charge < -0.3 is 9.67 Å². The summed E-state index contributed by atoms with van der Waals surface area (Å²) in [7, 11) is 0. The molecular weight excluding hydrogens is 360 g/mol. The van der Waals surface area contributed by atoms with Crippen LogP contribution in [0.25, 0.3) is 17.1 Å². The molecule has 0 fully saturated rings. The summed E-state index contributed by atoms with van der Waals surface area (Å²) in [4.78, 5) is 17.9. The summed E-state index contributed by atoms with van der Waals surface area (Å²) in [6.45, 7) is 4.44. The van der Waals surface area contributed by atoms with E-state index in [2.05, 4.69) is 9.67 Å². The van der Waals surface area contributed by atoms with Crippen LogP contribution >= 0.6 is 11.8 Å². The smallest absolute Gasteiger partial charge is 0.284 e. The Balaban J connectivity index is 1.89. The average molecular weight is 385 g/mol. The number of thioether (sulfide) groups is 1. The van der Waals surface area contributed by atoms with Gasteiger partial charge in [-0.05, 0) is 45.2 Å². The van der Waals surface area contributed by atoms with Crippen molar-refractivity contribution in [3.8, 4) is 17.1 Å². The minimum atomic E-state index is -0.785. The van der Waals surface area contributed by atoms with Crippen LogP contribution in [-0.2, 0) is 13.0 Å². The lowest BCUT2D eigenvalue weighted by atomic mass is 10.1. The molecule has 142 valence electrons. The summed E-state index contributed by atoms with van der Waals surface area (Å²) in [5, 5.41) is 15.5. The van der Waals surface area contributed by atoms with Crippen LogP contribution in [0.1, 0.15) is 38.8 Å². The van der Waals surface area contributed by atoms with Crippen molar-refractivity contribution >= 4 is 11.8 Å². The monoisotopic (exact) mass is 384 g/mol. The maximum absolute atomic E-state index is 13.1. The van der Waals surface area contributed by atoms with Gasteiger partial charge in [0.1, 0.15) is 5.56 Å². The highest BCUT2D eigenvalue weighted by atomic mass is 32.2. The van der Waals surface area contributed by atoms with Crippen LogP contribution in [0, 0.1) is 0 Å². The Morgan fingerprint density at radius 2 is 1.96 bits per heavy atom. The fraction of sp³-hybridized carbons (Fsp3) is 0.450. The number of para-hydroxylation sites is 1. The molecule has 1 N–H and O–H groups in total. The molecule has 3 aliphatic heterocycles. The first-order valence-corrected chi connectivity index (χ1v) is 10.4. The second kappa shape index (κ2) is 7.13. The van der Waals surface area contributed by atoms with Crippen molar-refractivity contribution in [1.82, 2.24) is 19.3 Å². The van der Waals surface area contributed by atoms with Crippen molar-refractivity contribution in [1.29, 1.82) is 0 Å². The van der Waals surface area contributed by atoms with E-state index in [-0.39, 0.29) is 5.56 Å². The van der Waals surface area contributed by atoms with E-state index >= 15 is 0 Å². The van der Waals surface area contributed by atoms with Crippen molar-refractivity contribution in [3.63, 3.8) is 0 Å². The van der Waals surface area contributed by atoms with Crippen molar-refractivity contribution < 1.29 is 5.11 Å². The van der Waals surface area contributed by atoms with Crippen LogP contribution in [0.4, 0.5) is 0 Å². The van der Waals surface area contributed by atoms with Crippen LogP contribution < -0.4 is 5.56 Å². The predicted molar refractivity (Wildman–Crippen MR) is 107 cm³/mol. The topological polar surface area (TPSA) is 72.9 Å². The average Bonchev–Trinajstić information content (AvgIpc) is 2.81. The highest BCUT2D eigenvalue weighted by Crippen LogP contribution is 2.31. The number of rotatable bonds is 4. The molecule has 0 bridgehead atoms. The third-order valence-electron chi connectivity index (χ3n) is 4.72. The van der Waals surface area contributed by atoms with Crippen LogP contribution in [0.5, 0.6) is 0 Å². The molecule has 0 saturated heterocycles. The molecule has 0 saturated carbocycles. The zero-order chi connectivity index (χ0) is 19.0. The molecule has 0 radical (unpaired) electrons. The van der Waals surface area contributed by atoms with Gasteiger partial charge in [0.25, 0.3) is 5.56 Å². The van der Waals surface area contributed by atoms with E-state index < -0.39 is 5.60 Å². The van der Waals surface area contributed by atoms with E-state index in [9.17, 15) is 9.90 Å². The Morgan fingerprint density at radius 3 is 2.70 bits per heavy atom. The Kier molecular flexibility index (Phi) is 4.82. The van der Waals surface area contributed by atoms with E-state index in [0.717, 1.165) is 48.8 Å². The molecule has 0 atom stereocenters. The van der Waals surface area contributed by atoms with Gasteiger partial charge in [-0.2, -0.15) is 4.68 Å². The quantitative estimate of drug-likeness (QED) is 0.553. The summed E-state index contributed by atoms with van der Waals surface area (Å²) < 4.78 is 3.62. The van der Waals surface area contributed by atoms with Crippen molar-refractivity contribution in [2.24, 2.45) is 0 Å². The molecule has 0 amide bonds. The van der Waals surface area contributed by atoms with Gasteiger partial charge in [-0.1, -0.05) is 36.4 Å². The SMILES string of the molecule is CC(C)(O)CSc1nc2nn(-c3ccccc3)c(=O)c-2c2n1CCCCC2. The molecule has 0 spiro atoms. The summed E-state index contributed by atoms with van der Waals surface area (Å²) in [6, 6.07) is 9.47. The molecular formula is C20H24N4O2S.